The number of urea groups is 1. The van der Waals surface area contributed by atoms with Crippen molar-refractivity contribution in [3.63, 3.8) is 0 Å². The molecular weight excluding hydrogens is 288 g/mol. The molecule has 3 rings (SSSR count). The number of amides is 4. The van der Waals surface area contributed by atoms with Crippen molar-refractivity contribution in [1.29, 1.82) is 0 Å². The standard InChI is InChI=1S/C15H18N2O3S/c1-10-5-6-11(21-10)9-17-13(19)15(7-3-2-4-8-15)12(18)16-14(17)20/h5-6H,2-4,7-9H2,1H3,(H,16,18,20). The molecule has 2 heterocycles. The first-order valence-corrected chi connectivity index (χ1v) is 8.07. The van der Waals surface area contributed by atoms with E-state index < -0.39 is 17.4 Å². The van der Waals surface area contributed by atoms with Crippen molar-refractivity contribution >= 4 is 29.2 Å². The molecule has 1 aliphatic carbocycles. The predicted octanol–water partition coefficient (Wildman–Crippen LogP) is 2.59. The van der Waals surface area contributed by atoms with Gasteiger partial charge in [-0.05, 0) is 31.9 Å². The van der Waals surface area contributed by atoms with Crippen LogP contribution in [0.15, 0.2) is 12.1 Å². The number of aryl methyl sites for hydroxylation is 1. The first-order chi connectivity index (χ1) is 10.0. The molecule has 0 aromatic carbocycles. The molecule has 1 aromatic heterocycles. The Kier molecular flexibility index (Phi) is 3.57. The normalized spacial score (nSPS) is 21.8. The molecule has 1 saturated heterocycles. The van der Waals surface area contributed by atoms with E-state index in [-0.39, 0.29) is 12.5 Å². The van der Waals surface area contributed by atoms with Crippen molar-refractivity contribution in [2.45, 2.75) is 45.6 Å². The highest BCUT2D eigenvalue weighted by Crippen LogP contribution is 2.40. The molecular formula is C15H18N2O3S. The van der Waals surface area contributed by atoms with E-state index >= 15 is 0 Å². The Morgan fingerprint density at radius 3 is 2.52 bits per heavy atom. The number of carbonyl (C=O) groups is 3. The molecule has 2 aliphatic rings. The van der Waals surface area contributed by atoms with Gasteiger partial charge in [0.2, 0.25) is 11.8 Å². The van der Waals surface area contributed by atoms with Crippen LogP contribution in [-0.2, 0) is 16.1 Å². The Labute approximate surface area is 127 Å². The van der Waals surface area contributed by atoms with Gasteiger partial charge in [-0.3, -0.25) is 19.8 Å². The van der Waals surface area contributed by atoms with Gasteiger partial charge in [0, 0.05) is 9.75 Å². The Hall–Kier alpha value is -1.69. The molecule has 1 spiro atoms. The van der Waals surface area contributed by atoms with E-state index in [4.69, 9.17) is 0 Å². The number of rotatable bonds is 2. The summed E-state index contributed by atoms with van der Waals surface area (Å²) in [6.07, 6.45) is 3.86. The number of hydrogen-bond acceptors (Lipinski definition) is 4. The molecule has 1 saturated carbocycles. The highest BCUT2D eigenvalue weighted by Gasteiger charge is 2.53. The van der Waals surface area contributed by atoms with E-state index in [2.05, 4.69) is 5.32 Å². The summed E-state index contributed by atoms with van der Waals surface area (Å²) in [5.41, 5.74) is -1.02. The fraction of sp³-hybridized carbons (Fsp3) is 0.533. The second-order valence-corrected chi connectivity index (χ2v) is 7.18. The molecule has 6 heteroatoms. The summed E-state index contributed by atoms with van der Waals surface area (Å²) in [7, 11) is 0. The van der Waals surface area contributed by atoms with Crippen LogP contribution in [0.25, 0.3) is 0 Å². The van der Waals surface area contributed by atoms with E-state index in [1.165, 1.54) is 4.90 Å². The molecule has 21 heavy (non-hydrogen) atoms. The zero-order valence-corrected chi connectivity index (χ0v) is 12.8. The molecule has 112 valence electrons. The van der Waals surface area contributed by atoms with Gasteiger partial charge in [0.25, 0.3) is 0 Å². The van der Waals surface area contributed by atoms with Crippen LogP contribution < -0.4 is 5.32 Å². The summed E-state index contributed by atoms with van der Waals surface area (Å²) < 4.78 is 0. The summed E-state index contributed by atoms with van der Waals surface area (Å²) >= 11 is 1.56. The zero-order chi connectivity index (χ0) is 15.0. The molecule has 4 amide bonds. The number of nitrogens with one attached hydrogen (secondary N) is 1. The van der Waals surface area contributed by atoms with Crippen molar-refractivity contribution < 1.29 is 14.4 Å². The lowest BCUT2D eigenvalue weighted by Crippen LogP contribution is -2.63. The lowest BCUT2D eigenvalue weighted by molar-refractivity contribution is -0.154. The van der Waals surface area contributed by atoms with Crippen LogP contribution in [-0.4, -0.2) is 22.7 Å². The quantitative estimate of drug-likeness (QED) is 0.854. The van der Waals surface area contributed by atoms with Gasteiger partial charge < -0.3 is 0 Å². The van der Waals surface area contributed by atoms with E-state index in [0.717, 1.165) is 29.0 Å². The van der Waals surface area contributed by atoms with Crippen LogP contribution >= 0.6 is 11.3 Å². The van der Waals surface area contributed by atoms with Gasteiger partial charge in [-0.2, -0.15) is 0 Å². The van der Waals surface area contributed by atoms with Crippen LogP contribution in [0.1, 0.15) is 41.9 Å². The Morgan fingerprint density at radius 1 is 1.19 bits per heavy atom. The lowest BCUT2D eigenvalue weighted by Gasteiger charge is -2.41. The van der Waals surface area contributed by atoms with Gasteiger partial charge >= 0.3 is 6.03 Å². The zero-order valence-electron chi connectivity index (χ0n) is 12.0. The van der Waals surface area contributed by atoms with Crippen LogP contribution in [0.4, 0.5) is 4.79 Å². The van der Waals surface area contributed by atoms with E-state index in [1.54, 1.807) is 11.3 Å². The third-order valence-electron chi connectivity index (χ3n) is 4.37. The molecule has 0 radical (unpaired) electrons. The average Bonchev–Trinajstić information content (AvgIpc) is 2.88. The molecule has 1 N–H and O–H groups in total. The molecule has 5 nitrogen and oxygen atoms in total. The lowest BCUT2D eigenvalue weighted by atomic mass is 9.71. The minimum absolute atomic E-state index is 0.248. The van der Waals surface area contributed by atoms with Gasteiger partial charge in [-0.15, -0.1) is 11.3 Å². The van der Waals surface area contributed by atoms with E-state index in [9.17, 15) is 14.4 Å². The first-order valence-electron chi connectivity index (χ1n) is 7.26. The minimum atomic E-state index is -1.02. The SMILES string of the molecule is Cc1ccc(CN2C(=O)NC(=O)C3(CCCCC3)C2=O)s1. The van der Waals surface area contributed by atoms with Crippen LogP contribution in [0.5, 0.6) is 0 Å². The molecule has 0 atom stereocenters. The fourth-order valence-electron chi connectivity index (χ4n) is 3.20. The summed E-state index contributed by atoms with van der Waals surface area (Å²) in [6, 6.07) is 3.30. The first kappa shape index (κ1) is 14.3. The third-order valence-corrected chi connectivity index (χ3v) is 5.36. The maximum atomic E-state index is 12.8. The number of hydrogen-bond donors (Lipinski definition) is 1. The van der Waals surface area contributed by atoms with Crippen molar-refractivity contribution in [3.05, 3.63) is 21.9 Å². The van der Waals surface area contributed by atoms with Gasteiger partial charge in [0.15, 0.2) is 0 Å². The highest BCUT2D eigenvalue weighted by molar-refractivity contribution is 7.11. The molecule has 0 bridgehead atoms. The van der Waals surface area contributed by atoms with Crippen molar-refractivity contribution in [2.75, 3.05) is 0 Å². The number of thiophene rings is 1. The molecule has 0 unspecified atom stereocenters. The maximum absolute atomic E-state index is 12.8. The summed E-state index contributed by atoms with van der Waals surface area (Å²) in [4.78, 5) is 40.3. The average molecular weight is 306 g/mol. The molecule has 1 aliphatic heterocycles. The fourth-order valence-corrected chi connectivity index (χ4v) is 4.08. The van der Waals surface area contributed by atoms with Crippen molar-refractivity contribution in [3.8, 4) is 0 Å². The van der Waals surface area contributed by atoms with Crippen LogP contribution in [0, 0.1) is 12.3 Å². The molecule has 1 aromatic rings. The van der Waals surface area contributed by atoms with Crippen molar-refractivity contribution in [2.24, 2.45) is 5.41 Å². The maximum Gasteiger partial charge on any atom is 0.331 e. The topological polar surface area (TPSA) is 66.5 Å². The summed E-state index contributed by atoms with van der Waals surface area (Å²) in [5.74, 6) is -0.724. The number of carbonyl (C=O) groups excluding carboxylic acids is 3. The summed E-state index contributed by atoms with van der Waals surface area (Å²) in [6.45, 7) is 2.23. The Morgan fingerprint density at radius 2 is 1.90 bits per heavy atom. The predicted molar refractivity (Wildman–Crippen MR) is 78.7 cm³/mol. The Balaban J connectivity index is 1.87. The van der Waals surface area contributed by atoms with Gasteiger partial charge in [0.05, 0.1) is 6.54 Å². The smallest absolute Gasteiger partial charge is 0.277 e. The number of nitrogens with zero attached hydrogens (tertiary/aromatic N) is 1. The number of barbiturate groups is 1. The Bertz CT molecular complexity index is 602. The summed E-state index contributed by atoms with van der Waals surface area (Å²) in [5, 5.41) is 2.38. The second kappa shape index (κ2) is 5.26. The van der Waals surface area contributed by atoms with Crippen LogP contribution in [0.3, 0.4) is 0 Å². The van der Waals surface area contributed by atoms with Crippen molar-refractivity contribution in [1.82, 2.24) is 10.2 Å². The minimum Gasteiger partial charge on any atom is -0.277 e. The van der Waals surface area contributed by atoms with E-state index in [1.807, 2.05) is 19.1 Å². The van der Waals surface area contributed by atoms with Crippen LogP contribution in [0.2, 0.25) is 0 Å². The van der Waals surface area contributed by atoms with E-state index in [0.29, 0.717) is 12.8 Å². The van der Waals surface area contributed by atoms with Gasteiger partial charge in [-0.25, -0.2) is 4.79 Å². The third kappa shape index (κ3) is 2.37. The van der Waals surface area contributed by atoms with Gasteiger partial charge in [-0.1, -0.05) is 19.3 Å². The van der Waals surface area contributed by atoms with Gasteiger partial charge in [0.1, 0.15) is 5.41 Å². The monoisotopic (exact) mass is 306 g/mol. The highest BCUT2D eigenvalue weighted by atomic mass is 32.1. The number of imide groups is 2. The second-order valence-electron chi connectivity index (χ2n) is 5.81. The largest absolute Gasteiger partial charge is 0.331 e. The molecule has 2 fully saturated rings.